The maximum absolute atomic E-state index is 14.2. The van der Waals surface area contributed by atoms with Crippen molar-refractivity contribution in [1.29, 1.82) is 0 Å². The number of hydrogen-bond donors (Lipinski definition) is 1. The van der Waals surface area contributed by atoms with E-state index in [9.17, 15) is 9.18 Å². The SMILES string of the molecule is CC(C)[C@H]1c2ccc(F)cc2CC[C@@]1(CCN(C)CCCCCc1nc2ccccc2n1C)OC(=O)Nc1ccc(Cl)cc1. The van der Waals surface area contributed by atoms with E-state index in [0.717, 1.165) is 61.2 Å². The van der Waals surface area contributed by atoms with Crippen molar-refractivity contribution in [2.45, 2.75) is 70.3 Å². The predicted octanol–water partition coefficient (Wildman–Crippen LogP) is 8.77. The number of rotatable bonds is 12. The van der Waals surface area contributed by atoms with Gasteiger partial charge in [0.2, 0.25) is 0 Å². The van der Waals surface area contributed by atoms with Crippen LogP contribution in [0.25, 0.3) is 11.0 Å². The van der Waals surface area contributed by atoms with Crippen molar-refractivity contribution >= 4 is 34.4 Å². The number of aromatic nitrogens is 2. The number of carbonyl (C=O) groups is 1. The molecule has 8 heteroatoms. The largest absolute Gasteiger partial charge is 0.442 e. The molecule has 5 rings (SSSR count). The minimum Gasteiger partial charge on any atom is -0.442 e. The Balaban J connectivity index is 1.22. The summed E-state index contributed by atoms with van der Waals surface area (Å²) in [5.74, 6) is 1.05. The number of benzene rings is 3. The van der Waals surface area contributed by atoms with Crippen molar-refractivity contribution in [3.8, 4) is 0 Å². The summed E-state index contributed by atoms with van der Waals surface area (Å²) in [6, 6.07) is 20.3. The van der Waals surface area contributed by atoms with E-state index in [-0.39, 0.29) is 17.7 Å². The number of nitrogens with zero attached hydrogens (tertiary/aromatic N) is 3. The predicted molar refractivity (Wildman–Crippen MR) is 177 cm³/mol. The van der Waals surface area contributed by atoms with E-state index in [2.05, 4.69) is 60.9 Å². The Kier molecular flexibility index (Phi) is 10.3. The summed E-state index contributed by atoms with van der Waals surface area (Å²) in [7, 11) is 4.24. The smallest absolute Gasteiger partial charge is 0.412 e. The van der Waals surface area contributed by atoms with Crippen molar-refractivity contribution in [3.05, 3.63) is 94.5 Å². The minimum atomic E-state index is -0.718. The molecule has 1 amide bonds. The van der Waals surface area contributed by atoms with Crippen molar-refractivity contribution in [3.63, 3.8) is 0 Å². The molecule has 0 saturated carbocycles. The maximum atomic E-state index is 14.2. The van der Waals surface area contributed by atoms with Gasteiger partial charge in [0.25, 0.3) is 0 Å². The van der Waals surface area contributed by atoms with Gasteiger partial charge in [0.05, 0.1) is 11.0 Å². The third kappa shape index (κ3) is 7.44. The van der Waals surface area contributed by atoms with E-state index in [1.807, 2.05) is 12.1 Å². The summed E-state index contributed by atoms with van der Waals surface area (Å²) in [4.78, 5) is 20.5. The summed E-state index contributed by atoms with van der Waals surface area (Å²) >= 11 is 6.03. The number of halogens is 2. The van der Waals surface area contributed by atoms with Crippen LogP contribution in [0.2, 0.25) is 5.02 Å². The van der Waals surface area contributed by atoms with Gasteiger partial charge in [-0.1, -0.05) is 50.1 Å². The molecular formula is C36H44ClFN4O2. The van der Waals surface area contributed by atoms with Gasteiger partial charge in [0, 0.05) is 43.1 Å². The van der Waals surface area contributed by atoms with Crippen LogP contribution in [-0.2, 0) is 24.6 Å². The fourth-order valence-corrected chi connectivity index (χ4v) is 7.03. The van der Waals surface area contributed by atoms with E-state index in [0.29, 0.717) is 30.0 Å². The Morgan fingerprint density at radius 1 is 1.11 bits per heavy atom. The van der Waals surface area contributed by atoms with Crippen LogP contribution in [0.15, 0.2) is 66.7 Å². The van der Waals surface area contributed by atoms with Crippen LogP contribution in [0.5, 0.6) is 0 Å². The molecule has 0 saturated heterocycles. The molecule has 0 aliphatic heterocycles. The molecule has 0 bridgehead atoms. The zero-order valence-corrected chi connectivity index (χ0v) is 27.0. The second-order valence-electron chi connectivity index (χ2n) is 12.6. The molecule has 0 unspecified atom stereocenters. The van der Waals surface area contributed by atoms with Crippen LogP contribution < -0.4 is 5.32 Å². The Morgan fingerprint density at radius 3 is 2.64 bits per heavy atom. The molecule has 234 valence electrons. The molecule has 1 N–H and O–H groups in total. The van der Waals surface area contributed by atoms with Crippen molar-refractivity contribution < 1.29 is 13.9 Å². The number of hydrogen-bond acceptors (Lipinski definition) is 4. The second kappa shape index (κ2) is 14.1. The van der Waals surface area contributed by atoms with Gasteiger partial charge in [-0.25, -0.2) is 14.2 Å². The average molecular weight is 619 g/mol. The van der Waals surface area contributed by atoms with Gasteiger partial charge >= 0.3 is 6.09 Å². The lowest BCUT2D eigenvalue weighted by atomic mass is 9.65. The molecule has 0 radical (unpaired) electrons. The summed E-state index contributed by atoms with van der Waals surface area (Å²) in [6.07, 6.45) is 5.77. The summed E-state index contributed by atoms with van der Waals surface area (Å²) in [5, 5.41) is 3.50. The van der Waals surface area contributed by atoms with Crippen LogP contribution in [0, 0.1) is 11.7 Å². The molecule has 0 spiro atoms. The molecule has 0 fully saturated rings. The minimum absolute atomic E-state index is 0.0514. The lowest BCUT2D eigenvalue weighted by Crippen LogP contribution is -2.49. The number of aryl methyl sites for hydroxylation is 3. The fourth-order valence-electron chi connectivity index (χ4n) is 6.91. The maximum Gasteiger partial charge on any atom is 0.412 e. The van der Waals surface area contributed by atoms with Crippen molar-refractivity contribution in [1.82, 2.24) is 14.5 Å². The third-order valence-electron chi connectivity index (χ3n) is 9.11. The lowest BCUT2D eigenvalue weighted by Gasteiger charge is -2.47. The van der Waals surface area contributed by atoms with Crippen LogP contribution >= 0.6 is 11.6 Å². The topological polar surface area (TPSA) is 59.4 Å². The summed E-state index contributed by atoms with van der Waals surface area (Å²) < 4.78 is 22.8. The van der Waals surface area contributed by atoms with E-state index < -0.39 is 11.7 Å². The van der Waals surface area contributed by atoms with E-state index in [1.54, 1.807) is 30.3 Å². The first-order chi connectivity index (χ1) is 21.1. The molecule has 44 heavy (non-hydrogen) atoms. The Morgan fingerprint density at radius 2 is 1.89 bits per heavy atom. The van der Waals surface area contributed by atoms with Crippen molar-refractivity contribution in [2.75, 3.05) is 25.5 Å². The molecular weight excluding hydrogens is 575 g/mol. The fraction of sp³-hybridized carbons (Fsp3) is 0.444. The number of unbranched alkanes of at least 4 members (excludes halogenated alkanes) is 2. The highest BCUT2D eigenvalue weighted by atomic mass is 35.5. The number of ether oxygens (including phenoxy) is 1. The van der Waals surface area contributed by atoms with E-state index >= 15 is 0 Å². The molecule has 1 aliphatic carbocycles. The van der Waals surface area contributed by atoms with Gasteiger partial charge in [-0.2, -0.15) is 0 Å². The number of fused-ring (bicyclic) bond motifs is 2. The molecule has 2 atom stereocenters. The first-order valence-electron chi connectivity index (χ1n) is 15.8. The summed E-state index contributed by atoms with van der Waals surface area (Å²) in [5.41, 5.74) is 4.23. The molecule has 4 aromatic rings. The Labute approximate surface area is 265 Å². The Hall–Kier alpha value is -3.42. The first kappa shape index (κ1) is 32.0. The van der Waals surface area contributed by atoms with Crippen LogP contribution in [0.3, 0.4) is 0 Å². The number of anilines is 1. The zero-order valence-electron chi connectivity index (χ0n) is 26.3. The quantitative estimate of drug-likeness (QED) is 0.161. The number of nitrogens with one attached hydrogen (secondary N) is 1. The highest BCUT2D eigenvalue weighted by Gasteiger charge is 2.48. The van der Waals surface area contributed by atoms with Gasteiger partial charge in [0.15, 0.2) is 0 Å². The van der Waals surface area contributed by atoms with Gasteiger partial charge in [0.1, 0.15) is 17.2 Å². The van der Waals surface area contributed by atoms with Gasteiger partial charge in [-0.05, 0) is 105 Å². The summed E-state index contributed by atoms with van der Waals surface area (Å²) in [6.45, 7) is 6.07. The van der Waals surface area contributed by atoms with Crippen LogP contribution in [0.1, 0.15) is 68.8 Å². The average Bonchev–Trinajstić information content (AvgIpc) is 3.32. The third-order valence-corrected chi connectivity index (χ3v) is 9.37. The number of para-hydroxylation sites is 2. The zero-order chi connectivity index (χ0) is 31.3. The van der Waals surface area contributed by atoms with Gasteiger partial charge < -0.3 is 14.2 Å². The van der Waals surface area contributed by atoms with Crippen LogP contribution in [-0.4, -0.2) is 46.3 Å². The van der Waals surface area contributed by atoms with E-state index in [4.69, 9.17) is 21.3 Å². The molecule has 6 nitrogen and oxygen atoms in total. The normalized spacial score (nSPS) is 18.1. The molecule has 1 aliphatic rings. The van der Waals surface area contributed by atoms with Crippen LogP contribution in [0.4, 0.5) is 14.9 Å². The monoisotopic (exact) mass is 618 g/mol. The van der Waals surface area contributed by atoms with Gasteiger partial charge in [-0.3, -0.25) is 5.32 Å². The second-order valence-corrected chi connectivity index (χ2v) is 13.0. The highest BCUT2D eigenvalue weighted by Crippen LogP contribution is 2.48. The highest BCUT2D eigenvalue weighted by molar-refractivity contribution is 6.30. The number of amides is 1. The first-order valence-corrected chi connectivity index (χ1v) is 16.2. The molecule has 3 aromatic carbocycles. The Bertz CT molecular complexity index is 1570. The standard InChI is InChI=1S/C36H44ClFN4O2/c1-25(2)34-30-18-15-28(38)24-26(30)19-20-36(34,44-35(43)39-29-16-13-27(37)14-17-29)21-23-41(3)22-9-5-6-12-33-40-31-10-7-8-11-32(31)42(33)4/h7-8,10-11,13-18,24-25,34H,5-6,9,12,19-23H2,1-4H3,(H,39,43)/t34-,36-/m0/s1. The van der Waals surface area contributed by atoms with Crippen molar-refractivity contribution in [2.24, 2.45) is 13.0 Å². The molecule has 1 heterocycles. The number of imidazole rings is 1. The lowest BCUT2D eigenvalue weighted by molar-refractivity contribution is -0.0384. The molecule has 1 aromatic heterocycles. The number of carbonyl (C=O) groups excluding carboxylic acids is 1. The van der Waals surface area contributed by atoms with Gasteiger partial charge in [-0.15, -0.1) is 0 Å². The van der Waals surface area contributed by atoms with E-state index in [1.165, 1.54) is 11.6 Å².